The number of rotatable bonds is 5. The Kier molecular flexibility index (Phi) is 5.86. The number of hydrogen-bond acceptors (Lipinski definition) is 1. The average molecular weight is 216 g/mol. The molecule has 0 aliphatic heterocycles. The van der Waals surface area contributed by atoms with Crippen molar-refractivity contribution in [3.8, 4) is 0 Å². The molecule has 0 radical (unpaired) electrons. The number of aliphatic imine (C=N–C) groups is 1. The van der Waals surface area contributed by atoms with Crippen molar-refractivity contribution in [1.82, 2.24) is 0 Å². The fraction of sp³-hybridized carbons (Fsp3) is 0.214. The largest absolute Gasteiger partial charge is 0.387 e. The van der Waals surface area contributed by atoms with Gasteiger partial charge < -0.3 is 5.73 Å². The molecule has 86 valence electrons. The van der Waals surface area contributed by atoms with Gasteiger partial charge in [-0.25, -0.2) is 4.99 Å². The van der Waals surface area contributed by atoms with E-state index >= 15 is 0 Å². The van der Waals surface area contributed by atoms with Crippen LogP contribution in [0.2, 0.25) is 0 Å². The van der Waals surface area contributed by atoms with Crippen LogP contribution in [0.4, 0.5) is 0 Å². The highest BCUT2D eigenvalue weighted by molar-refractivity contribution is 5.79. The van der Waals surface area contributed by atoms with Crippen molar-refractivity contribution >= 4 is 5.84 Å². The third-order valence-electron chi connectivity index (χ3n) is 2.20. The molecule has 2 nitrogen and oxygen atoms in total. The van der Waals surface area contributed by atoms with E-state index in [4.69, 9.17) is 5.73 Å². The van der Waals surface area contributed by atoms with Crippen LogP contribution in [-0.2, 0) is 0 Å². The molecule has 0 saturated heterocycles. The summed E-state index contributed by atoms with van der Waals surface area (Å²) in [7, 11) is 0. The molecule has 0 fully saturated rings. The third-order valence-corrected chi connectivity index (χ3v) is 2.20. The Morgan fingerprint density at radius 3 is 2.00 bits per heavy atom. The Morgan fingerprint density at radius 1 is 1.19 bits per heavy atom. The van der Waals surface area contributed by atoms with Crippen LogP contribution in [0.5, 0.6) is 0 Å². The zero-order valence-electron chi connectivity index (χ0n) is 10.4. The molecule has 0 aliphatic carbocycles. The van der Waals surface area contributed by atoms with Gasteiger partial charge in [0, 0.05) is 0 Å². The third kappa shape index (κ3) is 3.73. The lowest BCUT2D eigenvalue weighted by atomic mass is 10.0. The lowest BCUT2D eigenvalue weighted by Gasteiger charge is -2.10. The van der Waals surface area contributed by atoms with E-state index in [0.717, 1.165) is 22.4 Å². The molecule has 0 unspecified atom stereocenters. The molecular formula is C14H20N2. The summed E-state index contributed by atoms with van der Waals surface area (Å²) in [6, 6.07) is 0. The number of allylic oxidation sites excluding steroid dienone is 5. The van der Waals surface area contributed by atoms with E-state index in [1.807, 2.05) is 19.9 Å². The second kappa shape index (κ2) is 6.62. The van der Waals surface area contributed by atoms with E-state index in [9.17, 15) is 0 Å². The predicted octanol–water partition coefficient (Wildman–Crippen LogP) is 3.51. The van der Waals surface area contributed by atoms with Crippen LogP contribution in [0.15, 0.2) is 65.4 Å². The Hall–Kier alpha value is -1.83. The zero-order chi connectivity index (χ0) is 12.7. The minimum absolute atomic E-state index is 0.487. The van der Waals surface area contributed by atoms with Gasteiger partial charge in [0.2, 0.25) is 0 Å². The summed E-state index contributed by atoms with van der Waals surface area (Å²) >= 11 is 0. The molecule has 0 aliphatic rings. The summed E-state index contributed by atoms with van der Waals surface area (Å²) < 4.78 is 0. The first-order chi connectivity index (χ1) is 7.47. The molecule has 0 bridgehead atoms. The van der Waals surface area contributed by atoms with Gasteiger partial charge in [-0.2, -0.15) is 0 Å². The lowest BCUT2D eigenvalue weighted by molar-refractivity contribution is 1.24. The molecule has 0 heterocycles. The van der Waals surface area contributed by atoms with Crippen molar-refractivity contribution in [2.75, 3.05) is 0 Å². The van der Waals surface area contributed by atoms with Gasteiger partial charge in [0.1, 0.15) is 0 Å². The van der Waals surface area contributed by atoms with Crippen LogP contribution in [0, 0.1) is 0 Å². The van der Waals surface area contributed by atoms with Crippen molar-refractivity contribution in [2.24, 2.45) is 10.7 Å². The Balaban J connectivity index is 5.70. The predicted molar refractivity (Wildman–Crippen MR) is 73.3 cm³/mol. The number of nitrogens with zero attached hydrogens (tertiary/aromatic N) is 1. The number of hydrogen-bond donors (Lipinski definition) is 1. The van der Waals surface area contributed by atoms with Crippen molar-refractivity contribution in [1.29, 1.82) is 0 Å². The second-order valence-electron chi connectivity index (χ2n) is 3.42. The smallest absolute Gasteiger partial charge is 0.0965 e. The molecule has 2 N–H and O–H groups in total. The molecule has 0 aromatic carbocycles. The maximum atomic E-state index is 5.61. The van der Waals surface area contributed by atoms with Gasteiger partial charge in [-0.1, -0.05) is 38.0 Å². The molecule has 0 spiro atoms. The van der Waals surface area contributed by atoms with Crippen molar-refractivity contribution < 1.29 is 0 Å². The van der Waals surface area contributed by atoms with Gasteiger partial charge in [-0.05, 0) is 37.5 Å². The molecule has 2 heteroatoms. The van der Waals surface area contributed by atoms with Crippen LogP contribution in [0.25, 0.3) is 0 Å². The molecule has 0 aromatic heterocycles. The summed E-state index contributed by atoms with van der Waals surface area (Å²) in [5, 5.41) is 0. The fourth-order valence-corrected chi connectivity index (χ4v) is 1.12. The molecule has 0 rings (SSSR count). The van der Waals surface area contributed by atoms with Gasteiger partial charge >= 0.3 is 0 Å². The normalized spacial score (nSPS) is 11.9. The Morgan fingerprint density at radius 2 is 1.69 bits per heavy atom. The van der Waals surface area contributed by atoms with E-state index < -0.39 is 0 Å². The molecule has 0 saturated carbocycles. The van der Waals surface area contributed by atoms with Gasteiger partial charge in [0.25, 0.3) is 0 Å². The van der Waals surface area contributed by atoms with Crippen LogP contribution >= 0.6 is 0 Å². The highest BCUT2D eigenvalue weighted by Gasteiger charge is 2.07. The van der Waals surface area contributed by atoms with Gasteiger partial charge in [-0.3, -0.25) is 0 Å². The van der Waals surface area contributed by atoms with E-state index in [2.05, 4.69) is 24.7 Å². The molecular weight excluding hydrogens is 196 g/mol. The Labute approximate surface area is 98.3 Å². The summed E-state index contributed by atoms with van der Waals surface area (Å²) in [6.45, 7) is 17.1. The molecule has 0 atom stereocenters. The minimum atomic E-state index is 0.487. The number of amidine groups is 1. The maximum Gasteiger partial charge on any atom is 0.0965 e. The second-order valence-corrected chi connectivity index (χ2v) is 3.42. The van der Waals surface area contributed by atoms with E-state index in [1.54, 1.807) is 19.1 Å². The van der Waals surface area contributed by atoms with E-state index in [0.29, 0.717) is 5.84 Å². The topological polar surface area (TPSA) is 38.4 Å². The SMILES string of the molecule is C=CC(C=C)=C(N=C(C)N)C(=C)/C(C)=C\C. The minimum Gasteiger partial charge on any atom is -0.387 e. The summed E-state index contributed by atoms with van der Waals surface area (Å²) in [5.41, 5.74) is 9.05. The summed E-state index contributed by atoms with van der Waals surface area (Å²) in [6.07, 6.45) is 5.37. The quantitative estimate of drug-likeness (QED) is 0.426. The van der Waals surface area contributed by atoms with Gasteiger partial charge in [0.15, 0.2) is 0 Å². The Bertz CT molecular complexity index is 379. The first-order valence-corrected chi connectivity index (χ1v) is 5.10. The maximum absolute atomic E-state index is 5.61. The monoisotopic (exact) mass is 216 g/mol. The zero-order valence-corrected chi connectivity index (χ0v) is 10.4. The molecule has 0 amide bonds. The van der Waals surface area contributed by atoms with Crippen molar-refractivity contribution in [3.63, 3.8) is 0 Å². The van der Waals surface area contributed by atoms with Gasteiger partial charge in [-0.15, -0.1) is 0 Å². The first kappa shape index (κ1) is 14.2. The standard InChI is InChI=1S/C14H20N2/c1-7-10(4)11(5)14(16-12(6)15)13(8-2)9-3/h7-9H,2-3,5H2,1,4,6H3,(H2,15,16)/b10-7-. The highest BCUT2D eigenvalue weighted by Crippen LogP contribution is 2.23. The summed E-state index contributed by atoms with van der Waals surface area (Å²) in [4.78, 5) is 4.28. The summed E-state index contributed by atoms with van der Waals surface area (Å²) in [5.74, 6) is 0.487. The van der Waals surface area contributed by atoms with E-state index in [1.165, 1.54) is 0 Å². The van der Waals surface area contributed by atoms with Crippen molar-refractivity contribution in [3.05, 3.63) is 60.4 Å². The fourth-order valence-electron chi connectivity index (χ4n) is 1.12. The molecule has 0 aromatic rings. The van der Waals surface area contributed by atoms with Crippen molar-refractivity contribution in [2.45, 2.75) is 20.8 Å². The lowest BCUT2D eigenvalue weighted by Crippen LogP contribution is -2.07. The first-order valence-electron chi connectivity index (χ1n) is 5.10. The average Bonchev–Trinajstić information content (AvgIpc) is 2.26. The van der Waals surface area contributed by atoms with E-state index in [-0.39, 0.29) is 0 Å². The number of nitrogens with two attached hydrogens (primary N) is 1. The van der Waals surface area contributed by atoms with Crippen LogP contribution in [0.3, 0.4) is 0 Å². The van der Waals surface area contributed by atoms with Gasteiger partial charge in [0.05, 0.1) is 11.5 Å². The van der Waals surface area contributed by atoms with Crippen LogP contribution in [-0.4, -0.2) is 5.84 Å². The molecule has 16 heavy (non-hydrogen) atoms. The highest BCUT2D eigenvalue weighted by atomic mass is 14.9. The van der Waals surface area contributed by atoms with Crippen LogP contribution in [0.1, 0.15) is 20.8 Å². The van der Waals surface area contributed by atoms with Crippen LogP contribution < -0.4 is 5.73 Å².